The molecule has 0 aromatic heterocycles. The van der Waals surface area contributed by atoms with Crippen LogP contribution in [0.15, 0.2) is 11.1 Å². The molecule has 118 valence electrons. The van der Waals surface area contributed by atoms with Gasteiger partial charge in [-0.05, 0) is 42.2 Å². The second kappa shape index (κ2) is 11.2. The van der Waals surface area contributed by atoms with Crippen LogP contribution >= 0.6 is 0 Å². The Labute approximate surface area is 148 Å². The molecule has 0 bridgehead atoms. The van der Waals surface area contributed by atoms with Crippen molar-refractivity contribution in [3.05, 3.63) is 11.1 Å². The molecule has 5 heteroatoms. The number of hydrogen-bond acceptors (Lipinski definition) is 4. The molecule has 0 fully saturated rings. The van der Waals surface area contributed by atoms with E-state index >= 15 is 0 Å². The standard InChI is InChI=1S/C16H28O4.Pb/c1-5-9-10-11-16(7-3,8-4)13(15(19)20)12(6-2)14(17)18;/h5-11H2,1-4H3,(H,17,18)(H,19,20);/q;+2/p-2. The average molecular weight is 490 g/mol. The van der Waals surface area contributed by atoms with Crippen LogP contribution in [0.25, 0.3) is 0 Å². The zero-order valence-electron chi connectivity index (χ0n) is 13.6. The van der Waals surface area contributed by atoms with Gasteiger partial charge in [-0.3, -0.25) is 0 Å². The van der Waals surface area contributed by atoms with Gasteiger partial charge in [-0.2, -0.15) is 0 Å². The Kier molecular flexibility index (Phi) is 12.2. The zero-order valence-corrected chi connectivity index (χ0v) is 17.5. The number of hydrogen-bond donors (Lipinski definition) is 0. The van der Waals surface area contributed by atoms with Gasteiger partial charge in [0.15, 0.2) is 0 Å². The first-order chi connectivity index (χ1) is 9.40. The smallest absolute Gasteiger partial charge is 0.545 e. The van der Waals surface area contributed by atoms with Crippen LogP contribution in [0.3, 0.4) is 0 Å². The number of carboxylic acids is 2. The van der Waals surface area contributed by atoms with E-state index in [9.17, 15) is 19.8 Å². The minimum atomic E-state index is -1.39. The molecule has 0 unspecified atom stereocenters. The molecule has 0 saturated carbocycles. The predicted molar refractivity (Wildman–Crippen MR) is 80.2 cm³/mol. The second-order valence-corrected chi connectivity index (χ2v) is 5.23. The maximum absolute atomic E-state index is 11.5. The first kappa shape index (κ1) is 22.9. The summed E-state index contributed by atoms with van der Waals surface area (Å²) in [4.78, 5) is 22.8. The van der Waals surface area contributed by atoms with Gasteiger partial charge >= 0.3 is 27.3 Å². The van der Waals surface area contributed by atoms with Crippen LogP contribution in [-0.2, 0) is 9.59 Å². The van der Waals surface area contributed by atoms with Gasteiger partial charge in [-0.15, -0.1) is 0 Å². The van der Waals surface area contributed by atoms with Crippen LogP contribution in [0.1, 0.15) is 72.6 Å². The average Bonchev–Trinajstić information content (AvgIpc) is 2.41. The zero-order chi connectivity index (χ0) is 15.8. The van der Waals surface area contributed by atoms with E-state index in [1.165, 1.54) is 0 Å². The fourth-order valence-corrected chi connectivity index (χ4v) is 2.88. The summed E-state index contributed by atoms with van der Waals surface area (Å²) in [5, 5.41) is 22.8. The molecule has 0 spiro atoms. The summed E-state index contributed by atoms with van der Waals surface area (Å²) in [6, 6.07) is 0. The summed E-state index contributed by atoms with van der Waals surface area (Å²) in [5.41, 5.74) is -0.800. The number of carbonyl (C=O) groups excluding carboxylic acids is 2. The molecule has 4 nitrogen and oxygen atoms in total. The van der Waals surface area contributed by atoms with E-state index in [4.69, 9.17) is 0 Å². The maximum atomic E-state index is 11.5. The van der Waals surface area contributed by atoms with Gasteiger partial charge in [0.1, 0.15) is 0 Å². The Morgan fingerprint density at radius 2 is 1.43 bits per heavy atom. The Morgan fingerprint density at radius 1 is 0.905 bits per heavy atom. The van der Waals surface area contributed by atoms with Crippen LogP contribution in [-0.4, -0.2) is 39.2 Å². The van der Waals surface area contributed by atoms with E-state index < -0.39 is 17.4 Å². The van der Waals surface area contributed by atoms with Crippen molar-refractivity contribution in [3.8, 4) is 0 Å². The number of carbonyl (C=O) groups is 2. The van der Waals surface area contributed by atoms with Crippen LogP contribution < -0.4 is 10.2 Å². The Hall–Kier alpha value is -0.398. The third kappa shape index (κ3) is 6.08. The minimum Gasteiger partial charge on any atom is -0.545 e. The van der Waals surface area contributed by atoms with Crippen molar-refractivity contribution in [2.75, 3.05) is 0 Å². The van der Waals surface area contributed by atoms with Crippen molar-refractivity contribution in [3.63, 3.8) is 0 Å². The second-order valence-electron chi connectivity index (χ2n) is 5.23. The summed E-state index contributed by atoms with van der Waals surface area (Å²) in [6.45, 7) is 7.52. The normalized spacial score (nSPS) is 12.4. The van der Waals surface area contributed by atoms with Crippen molar-refractivity contribution in [1.29, 1.82) is 0 Å². The predicted octanol–water partition coefficient (Wildman–Crippen LogP) is 1.20. The fourth-order valence-electron chi connectivity index (χ4n) is 2.88. The van der Waals surface area contributed by atoms with Crippen LogP contribution in [0.5, 0.6) is 0 Å². The van der Waals surface area contributed by atoms with Gasteiger partial charge in [-0.25, -0.2) is 0 Å². The molecular formula is C16H26O4Pb. The molecule has 0 amide bonds. The third-order valence-electron chi connectivity index (χ3n) is 4.25. The van der Waals surface area contributed by atoms with Crippen molar-refractivity contribution in [2.24, 2.45) is 5.41 Å². The molecule has 0 rings (SSSR count). The molecule has 0 heterocycles. The fraction of sp³-hybridized carbons (Fsp3) is 0.750. The number of unbranched alkanes of at least 4 members (excludes halogenated alkanes) is 2. The van der Waals surface area contributed by atoms with Gasteiger partial charge in [0, 0.05) is 0 Å². The first-order valence-electron chi connectivity index (χ1n) is 7.56. The van der Waals surface area contributed by atoms with Gasteiger partial charge in [0.2, 0.25) is 0 Å². The van der Waals surface area contributed by atoms with Gasteiger partial charge in [0.25, 0.3) is 0 Å². The van der Waals surface area contributed by atoms with Gasteiger partial charge < -0.3 is 19.8 Å². The number of carboxylic acid groups (broad SMARTS) is 2. The van der Waals surface area contributed by atoms with Crippen LogP contribution in [0.2, 0.25) is 0 Å². The van der Waals surface area contributed by atoms with E-state index in [2.05, 4.69) is 6.92 Å². The van der Waals surface area contributed by atoms with Gasteiger partial charge in [0.05, 0.1) is 11.9 Å². The molecule has 0 aromatic rings. The summed E-state index contributed by atoms with van der Waals surface area (Å²) in [6.07, 6.45) is 4.93. The topological polar surface area (TPSA) is 80.3 Å². The minimum absolute atomic E-state index is 0. The molecule has 21 heavy (non-hydrogen) atoms. The molecule has 0 aliphatic heterocycles. The number of rotatable bonds is 10. The summed E-state index contributed by atoms with van der Waals surface area (Å²) >= 11 is 0. The number of aliphatic carboxylic acids is 2. The Bertz CT molecular complexity index is 370. The molecule has 2 radical (unpaired) electrons. The van der Waals surface area contributed by atoms with Crippen molar-refractivity contribution in [1.82, 2.24) is 0 Å². The quantitative estimate of drug-likeness (QED) is 0.262. The van der Waals surface area contributed by atoms with E-state index in [-0.39, 0.29) is 44.9 Å². The van der Waals surface area contributed by atoms with E-state index in [0.717, 1.165) is 19.3 Å². The molecule has 0 N–H and O–H groups in total. The summed E-state index contributed by atoms with van der Waals surface area (Å²) in [5.74, 6) is -2.76. The van der Waals surface area contributed by atoms with Crippen molar-refractivity contribution >= 4 is 39.2 Å². The van der Waals surface area contributed by atoms with Gasteiger partial charge in [-0.1, -0.05) is 47.0 Å². The van der Waals surface area contributed by atoms with Crippen molar-refractivity contribution < 1.29 is 19.8 Å². The molecule has 0 atom stereocenters. The Balaban J connectivity index is 0. The van der Waals surface area contributed by atoms with E-state index in [1.807, 2.05) is 13.8 Å². The monoisotopic (exact) mass is 490 g/mol. The van der Waals surface area contributed by atoms with E-state index in [0.29, 0.717) is 19.3 Å². The maximum Gasteiger partial charge on any atom is 2.00 e. The van der Waals surface area contributed by atoms with Crippen LogP contribution in [0.4, 0.5) is 0 Å². The van der Waals surface area contributed by atoms with Crippen molar-refractivity contribution in [2.45, 2.75) is 72.6 Å². The molecular weight excluding hydrogens is 463 g/mol. The first-order valence-corrected chi connectivity index (χ1v) is 7.56. The van der Waals surface area contributed by atoms with E-state index in [1.54, 1.807) is 6.92 Å². The third-order valence-corrected chi connectivity index (χ3v) is 4.25. The Morgan fingerprint density at radius 3 is 1.71 bits per heavy atom. The summed E-state index contributed by atoms with van der Waals surface area (Å²) < 4.78 is 0. The molecule has 0 aromatic carbocycles. The summed E-state index contributed by atoms with van der Waals surface area (Å²) in [7, 11) is 0. The SMILES string of the molecule is CCCCCC(CC)(CC)C(C(=O)[O-])=C(CC)C(=O)[O-].[Pb+2]. The van der Waals surface area contributed by atoms with Crippen LogP contribution in [0, 0.1) is 5.41 Å². The largest absolute Gasteiger partial charge is 2.00 e. The molecule has 0 saturated heterocycles. The molecule has 0 aliphatic rings. The molecule has 0 aliphatic carbocycles.